The largest absolute Gasteiger partial charge is 0.465 e. The summed E-state index contributed by atoms with van der Waals surface area (Å²) in [6.07, 6.45) is -1.45. The van der Waals surface area contributed by atoms with Crippen molar-refractivity contribution in [2.45, 2.75) is 64.6 Å². The van der Waals surface area contributed by atoms with Crippen LogP contribution in [0.25, 0.3) is 0 Å². The van der Waals surface area contributed by atoms with E-state index in [4.69, 9.17) is 18.5 Å². The Kier molecular flexibility index (Phi) is 9.36. The highest BCUT2D eigenvalue weighted by Gasteiger charge is 2.59. The average Bonchev–Trinajstić information content (AvgIpc) is 3.10. The summed E-state index contributed by atoms with van der Waals surface area (Å²) in [4.78, 5) is 42.0. The highest BCUT2D eigenvalue weighted by molar-refractivity contribution is 7.55. The van der Waals surface area contributed by atoms with Crippen molar-refractivity contribution in [1.82, 2.24) is 0 Å². The Hall–Kier alpha value is -3.07. The van der Waals surface area contributed by atoms with Crippen molar-refractivity contribution in [3.8, 4) is 0 Å². The molecule has 0 saturated heterocycles. The molecule has 0 aliphatic carbocycles. The molecule has 1 aliphatic rings. The van der Waals surface area contributed by atoms with Gasteiger partial charge in [-0.05, 0) is 77.3 Å². The Morgan fingerprint density at radius 2 is 1.62 bits per heavy atom. The highest BCUT2D eigenvalue weighted by Crippen LogP contribution is 2.60. The normalized spacial score (nSPS) is 18.0. The fourth-order valence-electron chi connectivity index (χ4n) is 4.70. The van der Waals surface area contributed by atoms with Crippen LogP contribution in [0, 0.1) is 5.82 Å². The number of hydrogen-bond donors (Lipinski definition) is 0. The van der Waals surface area contributed by atoms with Crippen molar-refractivity contribution in [3.63, 3.8) is 0 Å². The number of amides is 2. The van der Waals surface area contributed by atoms with Crippen LogP contribution in [0.4, 0.5) is 14.9 Å². The summed E-state index contributed by atoms with van der Waals surface area (Å²) < 4.78 is 50.7. The number of nitrogens with zero attached hydrogens (tertiary/aromatic N) is 1. The Morgan fingerprint density at radius 1 is 1.00 bits per heavy atom. The van der Waals surface area contributed by atoms with Gasteiger partial charge in [0, 0.05) is 0 Å². The molecule has 2 atom stereocenters. The van der Waals surface area contributed by atoms with Gasteiger partial charge in [-0.1, -0.05) is 30.3 Å². The fraction of sp³-hybridized carbons (Fsp3) is 0.464. The topological polar surface area (TPSA) is 108 Å². The third-order valence-corrected chi connectivity index (χ3v) is 8.52. The van der Waals surface area contributed by atoms with Crippen LogP contribution in [0.5, 0.6) is 0 Å². The molecule has 0 fully saturated rings. The summed E-state index contributed by atoms with van der Waals surface area (Å²) in [5.74, 6) is -2.37. The van der Waals surface area contributed by atoms with Crippen molar-refractivity contribution in [2.24, 2.45) is 0 Å². The number of fused-ring (bicyclic) bond motifs is 1. The molecule has 0 unspecified atom stereocenters. The molecule has 0 radical (unpaired) electrons. The lowest BCUT2D eigenvalue weighted by atomic mass is 9.72. The van der Waals surface area contributed by atoms with Crippen LogP contribution in [-0.2, 0) is 38.1 Å². The zero-order valence-corrected chi connectivity index (χ0v) is 24.0. The van der Waals surface area contributed by atoms with Gasteiger partial charge >= 0.3 is 19.7 Å². The zero-order chi connectivity index (χ0) is 29.0. The number of benzene rings is 2. The van der Waals surface area contributed by atoms with E-state index in [0.717, 1.165) is 17.0 Å². The number of imide groups is 1. The van der Waals surface area contributed by atoms with Gasteiger partial charge < -0.3 is 18.5 Å². The minimum absolute atomic E-state index is 0.0326. The molecule has 2 aromatic rings. The Bertz CT molecular complexity index is 1250. The first-order chi connectivity index (χ1) is 18.3. The van der Waals surface area contributed by atoms with Gasteiger partial charge in [-0.2, -0.15) is 0 Å². The molecular formula is C28H35FNO8P. The second kappa shape index (κ2) is 12.0. The molecule has 0 spiro atoms. The maximum Gasteiger partial charge on any atom is 0.421 e. The van der Waals surface area contributed by atoms with Gasteiger partial charge in [-0.3, -0.25) is 14.2 Å². The van der Waals surface area contributed by atoms with E-state index in [9.17, 15) is 23.3 Å². The van der Waals surface area contributed by atoms with Crippen LogP contribution in [0.15, 0.2) is 48.5 Å². The lowest BCUT2D eigenvalue weighted by Gasteiger charge is -2.34. The molecule has 0 N–H and O–H groups in total. The molecule has 1 aliphatic heterocycles. The number of carbonyl (C=O) groups is 3. The maximum absolute atomic E-state index is 14.8. The molecule has 0 aromatic heterocycles. The molecule has 11 heteroatoms. The Morgan fingerprint density at radius 3 is 2.15 bits per heavy atom. The van der Waals surface area contributed by atoms with Gasteiger partial charge in [0.2, 0.25) is 0 Å². The van der Waals surface area contributed by atoms with Crippen molar-refractivity contribution < 1.29 is 41.9 Å². The van der Waals surface area contributed by atoms with E-state index < -0.39 is 54.5 Å². The van der Waals surface area contributed by atoms with E-state index in [2.05, 4.69) is 0 Å². The van der Waals surface area contributed by atoms with E-state index in [1.54, 1.807) is 71.9 Å². The monoisotopic (exact) mass is 563 g/mol. The van der Waals surface area contributed by atoms with Gasteiger partial charge in [0.25, 0.3) is 5.91 Å². The molecule has 2 amide bonds. The average molecular weight is 564 g/mol. The number of hydrogen-bond acceptors (Lipinski definition) is 8. The highest BCUT2D eigenvalue weighted by atomic mass is 31.2. The molecule has 2 aromatic carbocycles. The van der Waals surface area contributed by atoms with Crippen LogP contribution in [-0.4, -0.2) is 49.1 Å². The third kappa shape index (κ3) is 6.08. The Labute approximate surface area is 228 Å². The van der Waals surface area contributed by atoms with Crippen LogP contribution < -0.4 is 4.90 Å². The maximum atomic E-state index is 14.8. The van der Waals surface area contributed by atoms with Crippen molar-refractivity contribution in [2.75, 3.05) is 24.7 Å². The predicted molar refractivity (Wildman–Crippen MR) is 143 cm³/mol. The summed E-state index contributed by atoms with van der Waals surface area (Å²) in [5, 5.41) is 0. The molecular weight excluding hydrogens is 528 g/mol. The number of esters is 1. The lowest BCUT2D eigenvalue weighted by molar-refractivity contribution is -0.143. The van der Waals surface area contributed by atoms with E-state index in [1.807, 2.05) is 0 Å². The summed E-state index contributed by atoms with van der Waals surface area (Å²) in [5.41, 5.74) is -3.80. The van der Waals surface area contributed by atoms with Gasteiger partial charge in [0.1, 0.15) is 16.8 Å². The second-order valence-corrected chi connectivity index (χ2v) is 12.1. The van der Waals surface area contributed by atoms with Gasteiger partial charge in [0.05, 0.1) is 25.5 Å². The van der Waals surface area contributed by atoms with Gasteiger partial charge in [0.15, 0.2) is 5.66 Å². The van der Waals surface area contributed by atoms with Gasteiger partial charge in [-0.15, -0.1) is 0 Å². The number of rotatable bonds is 10. The number of halogens is 1. The fourth-order valence-corrected chi connectivity index (χ4v) is 6.68. The van der Waals surface area contributed by atoms with Gasteiger partial charge in [-0.25, -0.2) is 14.1 Å². The third-order valence-electron chi connectivity index (χ3n) is 6.13. The SMILES string of the molecule is CCOC(=O)[C@@H](C[C@@]1(c2ccccc2)C(=O)N(C(=O)OC(C)(C)C)c2ccc(F)cc21)P(=O)(OCC)OCC. The molecule has 1 heterocycles. The molecule has 0 saturated carbocycles. The van der Waals surface area contributed by atoms with Crippen molar-refractivity contribution in [3.05, 3.63) is 65.5 Å². The summed E-state index contributed by atoms with van der Waals surface area (Å²) in [7, 11) is -4.21. The summed E-state index contributed by atoms with van der Waals surface area (Å²) in [6, 6.07) is 11.9. The minimum atomic E-state index is -4.21. The smallest absolute Gasteiger partial charge is 0.421 e. The number of ether oxygens (including phenoxy) is 2. The van der Waals surface area contributed by atoms with E-state index in [-0.39, 0.29) is 31.1 Å². The van der Waals surface area contributed by atoms with Crippen LogP contribution in [0.3, 0.4) is 0 Å². The first-order valence-electron chi connectivity index (χ1n) is 12.8. The predicted octanol–water partition coefficient (Wildman–Crippen LogP) is 5.98. The zero-order valence-electron chi connectivity index (χ0n) is 23.1. The quantitative estimate of drug-likeness (QED) is 0.257. The van der Waals surface area contributed by atoms with E-state index >= 15 is 0 Å². The lowest BCUT2D eigenvalue weighted by Crippen LogP contribution is -2.48. The first kappa shape index (κ1) is 30.5. The molecule has 212 valence electrons. The summed E-state index contributed by atoms with van der Waals surface area (Å²) >= 11 is 0. The first-order valence-corrected chi connectivity index (χ1v) is 14.4. The van der Waals surface area contributed by atoms with E-state index in [0.29, 0.717) is 5.56 Å². The van der Waals surface area contributed by atoms with Crippen LogP contribution in [0.1, 0.15) is 59.1 Å². The van der Waals surface area contributed by atoms with E-state index in [1.165, 1.54) is 6.07 Å². The Balaban J connectivity index is 2.34. The standard InChI is InChI=1S/C28H35FNO8P/c1-7-35-24(31)23(39(34,36-8-2)37-9-3)18-28(19-13-11-10-12-14-19)21-17-20(29)15-16-22(21)30(25(28)32)26(33)38-27(4,5)6/h10-17,23H,7-9,18H2,1-6H3/t23-,28+/m1/s1. The molecule has 0 bridgehead atoms. The second-order valence-electron chi connectivity index (χ2n) is 9.90. The molecule has 39 heavy (non-hydrogen) atoms. The van der Waals surface area contributed by atoms with Crippen molar-refractivity contribution in [1.29, 1.82) is 0 Å². The van der Waals surface area contributed by atoms with Crippen LogP contribution >= 0.6 is 7.60 Å². The van der Waals surface area contributed by atoms with Crippen molar-refractivity contribution >= 4 is 31.3 Å². The minimum Gasteiger partial charge on any atom is -0.465 e. The number of anilines is 1. The summed E-state index contributed by atoms with van der Waals surface area (Å²) in [6.45, 7) is 9.60. The molecule has 9 nitrogen and oxygen atoms in total. The number of carbonyl (C=O) groups excluding carboxylic acids is 3. The molecule has 3 rings (SSSR count). The van der Waals surface area contributed by atoms with Crippen LogP contribution in [0.2, 0.25) is 0 Å².